The lowest BCUT2D eigenvalue weighted by molar-refractivity contribution is 0.0600. The van der Waals surface area contributed by atoms with Crippen molar-refractivity contribution >= 4 is 11.6 Å². The molecule has 6 nitrogen and oxygen atoms in total. The van der Waals surface area contributed by atoms with E-state index in [0.29, 0.717) is 16.9 Å². The van der Waals surface area contributed by atoms with E-state index in [9.17, 15) is 9.59 Å². The second-order valence-corrected chi connectivity index (χ2v) is 3.43. The van der Waals surface area contributed by atoms with Gasteiger partial charge in [-0.15, -0.1) is 0 Å². The van der Waals surface area contributed by atoms with Crippen molar-refractivity contribution in [3.05, 3.63) is 46.0 Å². The number of carbonyl (C=O) groups is 1. The molecule has 0 fully saturated rings. The number of aromatic nitrogens is 2. The van der Waals surface area contributed by atoms with Gasteiger partial charge < -0.3 is 10.5 Å². The second-order valence-electron chi connectivity index (χ2n) is 3.43. The molecule has 0 aromatic carbocycles. The molecule has 2 N–H and O–H groups in total. The van der Waals surface area contributed by atoms with Gasteiger partial charge in [-0.3, -0.25) is 9.20 Å². The van der Waals surface area contributed by atoms with Crippen LogP contribution in [0.25, 0.3) is 5.65 Å². The van der Waals surface area contributed by atoms with E-state index in [2.05, 4.69) is 9.72 Å². The van der Waals surface area contributed by atoms with E-state index in [-0.39, 0.29) is 12.1 Å². The molecular weight excluding hydrogens is 222 g/mol. The maximum Gasteiger partial charge on any atom is 0.339 e. The highest BCUT2D eigenvalue weighted by molar-refractivity contribution is 5.89. The second kappa shape index (κ2) is 4.34. The summed E-state index contributed by atoms with van der Waals surface area (Å²) in [6, 6.07) is 4.47. The molecule has 2 heterocycles. The van der Waals surface area contributed by atoms with Crippen molar-refractivity contribution in [1.82, 2.24) is 9.38 Å². The summed E-state index contributed by atoms with van der Waals surface area (Å²) >= 11 is 0. The van der Waals surface area contributed by atoms with Gasteiger partial charge in [0.1, 0.15) is 5.65 Å². The summed E-state index contributed by atoms with van der Waals surface area (Å²) in [6.07, 6.45) is 1.40. The summed E-state index contributed by atoms with van der Waals surface area (Å²) in [5.41, 5.74) is 6.41. The molecular formula is C11H11N3O3. The van der Waals surface area contributed by atoms with Crippen molar-refractivity contribution in [2.45, 2.75) is 6.54 Å². The van der Waals surface area contributed by atoms with Crippen LogP contribution in [-0.4, -0.2) is 22.5 Å². The van der Waals surface area contributed by atoms with Crippen molar-refractivity contribution in [3.63, 3.8) is 0 Å². The standard InChI is InChI=1S/C11H11N3O3/c1-17-11(16)7-2-3-9-13-8(5-12)4-10(15)14(9)6-7/h2-4,6H,5,12H2,1H3. The third kappa shape index (κ3) is 2.02. The number of pyridine rings is 1. The number of hydrogen-bond donors (Lipinski definition) is 1. The van der Waals surface area contributed by atoms with Crippen molar-refractivity contribution in [1.29, 1.82) is 0 Å². The Hall–Kier alpha value is -2.21. The molecule has 0 spiro atoms. The number of hydrogen-bond acceptors (Lipinski definition) is 5. The number of rotatable bonds is 2. The van der Waals surface area contributed by atoms with Crippen LogP contribution in [0.1, 0.15) is 16.1 Å². The van der Waals surface area contributed by atoms with Gasteiger partial charge in [-0.05, 0) is 12.1 Å². The monoisotopic (exact) mass is 233 g/mol. The first-order chi connectivity index (χ1) is 8.15. The summed E-state index contributed by atoms with van der Waals surface area (Å²) in [6.45, 7) is 0.199. The van der Waals surface area contributed by atoms with Gasteiger partial charge in [0.05, 0.1) is 18.4 Å². The maximum absolute atomic E-state index is 11.7. The first kappa shape index (κ1) is 11.3. The van der Waals surface area contributed by atoms with E-state index in [4.69, 9.17) is 5.73 Å². The molecule has 88 valence electrons. The zero-order valence-electron chi connectivity index (χ0n) is 9.21. The topological polar surface area (TPSA) is 86.7 Å². The Morgan fingerprint density at radius 1 is 1.53 bits per heavy atom. The minimum atomic E-state index is -0.498. The number of carbonyl (C=O) groups excluding carboxylic acids is 1. The highest BCUT2D eigenvalue weighted by Gasteiger charge is 2.08. The van der Waals surface area contributed by atoms with Crippen LogP contribution in [-0.2, 0) is 11.3 Å². The van der Waals surface area contributed by atoms with Gasteiger partial charge in [-0.25, -0.2) is 9.78 Å². The minimum absolute atomic E-state index is 0.199. The van der Waals surface area contributed by atoms with Gasteiger partial charge in [-0.1, -0.05) is 0 Å². The van der Waals surface area contributed by atoms with Gasteiger partial charge in [0.2, 0.25) is 0 Å². The smallest absolute Gasteiger partial charge is 0.339 e. The predicted molar refractivity (Wildman–Crippen MR) is 60.7 cm³/mol. The van der Waals surface area contributed by atoms with Crippen LogP contribution in [0.4, 0.5) is 0 Å². The lowest BCUT2D eigenvalue weighted by atomic mass is 10.3. The van der Waals surface area contributed by atoms with E-state index in [1.807, 2.05) is 0 Å². The molecule has 0 amide bonds. The summed E-state index contributed by atoms with van der Waals surface area (Å²) in [5, 5.41) is 0. The van der Waals surface area contributed by atoms with Crippen molar-refractivity contribution in [3.8, 4) is 0 Å². The number of fused-ring (bicyclic) bond motifs is 1. The van der Waals surface area contributed by atoms with Crippen LogP contribution in [0.2, 0.25) is 0 Å². The predicted octanol–water partition coefficient (Wildman–Crippen LogP) is -0.0602. The van der Waals surface area contributed by atoms with Crippen LogP contribution in [0, 0.1) is 0 Å². The highest BCUT2D eigenvalue weighted by Crippen LogP contribution is 2.04. The Kier molecular flexibility index (Phi) is 2.88. The molecule has 0 bridgehead atoms. The first-order valence-electron chi connectivity index (χ1n) is 4.96. The van der Waals surface area contributed by atoms with Gasteiger partial charge in [0.15, 0.2) is 0 Å². The molecule has 0 saturated carbocycles. The Balaban J connectivity index is 2.67. The van der Waals surface area contributed by atoms with Gasteiger partial charge in [0, 0.05) is 18.8 Å². The quantitative estimate of drug-likeness (QED) is 0.734. The number of esters is 1. The van der Waals surface area contributed by atoms with E-state index >= 15 is 0 Å². The van der Waals surface area contributed by atoms with E-state index in [1.165, 1.54) is 23.8 Å². The molecule has 17 heavy (non-hydrogen) atoms. The normalized spacial score (nSPS) is 10.5. The molecule has 0 radical (unpaired) electrons. The lowest BCUT2D eigenvalue weighted by Crippen LogP contribution is -2.18. The summed E-state index contributed by atoms with van der Waals surface area (Å²) < 4.78 is 5.86. The van der Waals surface area contributed by atoms with E-state index in [1.54, 1.807) is 12.1 Å². The highest BCUT2D eigenvalue weighted by atomic mass is 16.5. The molecule has 0 aliphatic heterocycles. The number of nitrogens with zero attached hydrogens (tertiary/aromatic N) is 2. The van der Waals surface area contributed by atoms with Crippen molar-refractivity contribution in [2.24, 2.45) is 5.73 Å². The molecule has 0 unspecified atom stereocenters. The largest absolute Gasteiger partial charge is 0.465 e. The fraction of sp³-hybridized carbons (Fsp3) is 0.182. The summed E-state index contributed by atoms with van der Waals surface area (Å²) in [7, 11) is 1.28. The third-order valence-corrected chi connectivity index (χ3v) is 2.34. The van der Waals surface area contributed by atoms with Crippen LogP contribution in [0.15, 0.2) is 29.2 Å². The van der Waals surface area contributed by atoms with Crippen LogP contribution < -0.4 is 11.3 Å². The minimum Gasteiger partial charge on any atom is -0.465 e. The number of methoxy groups -OCH3 is 1. The van der Waals surface area contributed by atoms with E-state index < -0.39 is 5.97 Å². The molecule has 2 aromatic rings. The Bertz CT molecular complexity index is 633. The lowest BCUT2D eigenvalue weighted by Gasteiger charge is -2.04. The third-order valence-electron chi connectivity index (χ3n) is 2.34. The van der Waals surface area contributed by atoms with Crippen LogP contribution in [0.3, 0.4) is 0 Å². The van der Waals surface area contributed by atoms with Crippen LogP contribution >= 0.6 is 0 Å². The Morgan fingerprint density at radius 2 is 2.29 bits per heavy atom. The van der Waals surface area contributed by atoms with Gasteiger partial charge >= 0.3 is 5.97 Å². The zero-order valence-corrected chi connectivity index (χ0v) is 9.21. The average Bonchev–Trinajstić information content (AvgIpc) is 2.37. The average molecular weight is 233 g/mol. The molecule has 0 saturated heterocycles. The molecule has 6 heteroatoms. The molecule has 2 aromatic heterocycles. The maximum atomic E-state index is 11.7. The van der Waals surface area contributed by atoms with Crippen molar-refractivity contribution in [2.75, 3.05) is 7.11 Å². The summed E-state index contributed by atoms with van der Waals surface area (Å²) in [4.78, 5) is 27.2. The summed E-state index contributed by atoms with van der Waals surface area (Å²) in [5.74, 6) is -0.498. The zero-order chi connectivity index (χ0) is 12.4. The first-order valence-corrected chi connectivity index (χ1v) is 4.96. The fourth-order valence-electron chi connectivity index (χ4n) is 1.50. The van der Waals surface area contributed by atoms with Gasteiger partial charge in [0.25, 0.3) is 5.56 Å². The van der Waals surface area contributed by atoms with Crippen LogP contribution in [0.5, 0.6) is 0 Å². The Labute approximate surface area is 96.7 Å². The molecule has 0 aliphatic carbocycles. The van der Waals surface area contributed by atoms with Crippen molar-refractivity contribution < 1.29 is 9.53 Å². The molecule has 0 atom stereocenters. The SMILES string of the molecule is COC(=O)c1ccc2nc(CN)cc(=O)n2c1. The number of nitrogens with two attached hydrogens (primary N) is 1. The molecule has 2 rings (SSSR count). The number of ether oxygens (including phenoxy) is 1. The Morgan fingerprint density at radius 3 is 2.94 bits per heavy atom. The van der Waals surface area contributed by atoms with E-state index in [0.717, 1.165) is 0 Å². The fourth-order valence-corrected chi connectivity index (χ4v) is 1.50. The molecule has 0 aliphatic rings. The van der Waals surface area contributed by atoms with Gasteiger partial charge in [-0.2, -0.15) is 0 Å².